The van der Waals surface area contributed by atoms with Gasteiger partial charge in [0.15, 0.2) is 0 Å². The molecule has 1 aliphatic heterocycles. The highest BCUT2D eigenvalue weighted by Crippen LogP contribution is 2.18. The van der Waals surface area contributed by atoms with Gasteiger partial charge in [-0.05, 0) is 43.7 Å². The molecular formula is C25H30N3O3+. The molecule has 1 aromatic heterocycles. The molecule has 162 valence electrons. The molecule has 6 heteroatoms. The minimum atomic E-state index is -0.0946. The van der Waals surface area contributed by atoms with Crippen molar-refractivity contribution in [1.82, 2.24) is 10.5 Å². The van der Waals surface area contributed by atoms with Crippen molar-refractivity contribution in [2.45, 2.75) is 46.4 Å². The van der Waals surface area contributed by atoms with Gasteiger partial charge in [0.2, 0.25) is 0 Å². The fourth-order valence-corrected chi connectivity index (χ4v) is 3.97. The van der Waals surface area contributed by atoms with Crippen LogP contribution in [0.2, 0.25) is 0 Å². The summed E-state index contributed by atoms with van der Waals surface area (Å²) in [4.78, 5) is 14.2. The SMILES string of the molecule is Cc1noc(C)c1COc1ccc(C(=O)NCc2ccc(C[NH+]3CCCC3)cc2)cc1. The Kier molecular flexibility index (Phi) is 6.67. The Balaban J connectivity index is 1.25. The first-order valence-electron chi connectivity index (χ1n) is 10.9. The second kappa shape index (κ2) is 9.79. The first kappa shape index (κ1) is 21.1. The molecule has 1 aliphatic rings. The minimum Gasteiger partial charge on any atom is -0.489 e. The van der Waals surface area contributed by atoms with E-state index in [4.69, 9.17) is 9.26 Å². The van der Waals surface area contributed by atoms with Crippen LogP contribution < -0.4 is 15.0 Å². The van der Waals surface area contributed by atoms with Crippen LogP contribution in [-0.2, 0) is 19.7 Å². The van der Waals surface area contributed by atoms with Crippen LogP contribution in [0.3, 0.4) is 0 Å². The van der Waals surface area contributed by atoms with Crippen molar-refractivity contribution in [2.24, 2.45) is 0 Å². The molecule has 0 bridgehead atoms. The zero-order chi connectivity index (χ0) is 21.6. The first-order valence-corrected chi connectivity index (χ1v) is 10.9. The van der Waals surface area contributed by atoms with Crippen LogP contribution in [0.15, 0.2) is 53.1 Å². The van der Waals surface area contributed by atoms with Crippen molar-refractivity contribution in [3.05, 3.63) is 82.2 Å². The Morgan fingerprint density at radius 1 is 1.03 bits per heavy atom. The van der Waals surface area contributed by atoms with Crippen molar-refractivity contribution in [2.75, 3.05) is 13.1 Å². The molecule has 0 saturated carbocycles. The maximum atomic E-state index is 12.5. The number of aryl methyl sites for hydroxylation is 2. The van der Waals surface area contributed by atoms with E-state index in [1.54, 1.807) is 17.0 Å². The molecule has 0 unspecified atom stereocenters. The summed E-state index contributed by atoms with van der Waals surface area (Å²) in [6.07, 6.45) is 2.68. The van der Waals surface area contributed by atoms with Crippen LogP contribution in [0.25, 0.3) is 0 Å². The lowest BCUT2D eigenvalue weighted by Gasteiger charge is -2.12. The van der Waals surface area contributed by atoms with Crippen LogP contribution in [0.1, 0.15) is 51.3 Å². The Labute approximate surface area is 183 Å². The molecule has 6 nitrogen and oxygen atoms in total. The zero-order valence-electron chi connectivity index (χ0n) is 18.2. The number of quaternary nitrogens is 1. The normalized spacial score (nSPS) is 14.0. The van der Waals surface area contributed by atoms with Gasteiger partial charge in [-0.3, -0.25) is 4.79 Å². The molecule has 1 fully saturated rings. The number of likely N-dealkylation sites (tertiary alicyclic amines) is 1. The van der Waals surface area contributed by atoms with Gasteiger partial charge in [0.25, 0.3) is 5.91 Å². The predicted molar refractivity (Wildman–Crippen MR) is 118 cm³/mol. The number of rotatable bonds is 8. The number of hydrogen-bond donors (Lipinski definition) is 2. The Hall–Kier alpha value is -3.12. The van der Waals surface area contributed by atoms with E-state index in [2.05, 4.69) is 34.7 Å². The van der Waals surface area contributed by atoms with Gasteiger partial charge in [-0.25, -0.2) is 0 Å². The average Bonchev–Trinajstić information content (AvgIpc) is 3.41. The van der Waals surface area contributed by atoms with E-state index in [0.717, 1.165) is 29.1 Å². The summed E-state index contributed by atoms with van der Waals surface area (Å²) >= 11 is 0. The third-order valence-corrected chi connectivity index (χ3v) is 5.92. The lowest BCUT2D eigenvalue weighted by atomic mass is 10.1. The third-order valence-electron chi connectivity index (χ3n) is 5.92. The standard InChI is InChI=1S/C25H29N3O3/c1-18-24(19(2)31-27-18)17-30-23-11-9-22(10-12-23)25(29)26-15-20-5-7-21(8-6-20)16-28-13-3-4-14-28/h5-12H,3-4,13-17H2,1-2H3,(H,26,29)/p+1. The Morgan fingerprint density at radius 3 is 2.35 bits per heavy atom. The van der Waals surface area contributed by atoms with Gasteiger partial charge in [0.1, 0.15) is 24.7 Å². The molecule has 2 aromatic carbocycles. The van der Waals surface area contributed by atoms with Crippen LogP contribution >= 0.6 is 0 Å². The highest BCUT2D eigenvalue weighted by Gasteiger charge is 2.15. The highest BCUT2D eigenvalue weighted by atomic mass is 16.5. The molecule has 4 rings (SSSR count). The molecule has 0 radical (unpaired) electrons. The van der Waals surface area contributed by atoms with Gasteiger partial charge < -0.3 is 19.5 Å². The quantitative estimate of drug-likeness (QED) is 0.588. The fourth-order valence-electron chi connectivity index (χ4n) is 3.97. The maximum absolute atomic E-state index is 12.5. The van der Waals surface area contributed by atoms with Gasteiger partial charge in [-0.2, -0.15) is 0 Å². The van der Waals surface area contributed by atoms with E-state index in [1.165, 1.54) is 31.5 Å². The van der Waals surface area contributed by atoms with Crippen molar-refractivity contribution in [1.29, 1.82) is 0 Å². The van der Waals surface area contributed by atoms with E-state index < -0.39 is 0 Å². The number of amides is 1. The number of benzene rings is 2. The smallest absolute Gasteiger partial charge is 0.251 e. The van der Waals surface area contributed by atoms with E-state index in [1.807, 2.05) is 26.0 Å². The van der Waals surface area contributed by atoms with Crippen molar-refractivity contribution >= 4 is 5.91 Å². The summed E-state index contributed by atoms with van der Waals surface area (Å²) in [6.45, 7) is 8.32. The predicted octanol–water partition coefficient (Wildman–Crippen LogP) is 2.98. The lowest BCUT2D eigenvalue weighted by Crippen LogP contribution is -3.08. The third kappa shape index (κ3) is 5.52. The van der Waals surface area contributed by atoms with Gasteiger partial charge in [-0.15, -0.1) is 0 Å². The monoisotopic (exact) mass is 420 g/mol. The second-order valence-electron chi connectivity index (χ2n) is 8.25. The Bertz CT molecular complexity index is 984. The number of hydrogen-bond acceptors (Lipinski definition) is 4. The summed E-state index contributed by atoms with van der Waals surface area (Å²) in [5.41, 5.74) is 4.86. The van der Waals surface area contributed by atoms with Gasteiger partial charge in [-0.1, -0.05) is 29.4 Å². The number of aromatic nitrogens is 1. The number of nitrogens with zero attached hydrogens (tertiary/aromatic N) is 1. The minimum absolute atomic E-state index is 0.0946. The zero-order valence-corrected chi connectivity index (χ0v) is 18.2. The van der Waals surface area contributed by atoms with Crippen LogP contribution in [0, 0.1) is 13.8 Å². The van der Waals surface area contributed by atoms with E-state index in [9.17, 15) is 4.79 Å². The molecule has 0 spiro atoms. The molecule has 31 heavy (non-hydrogen) atoms. The van der Waals surface area contributed by atoms with Crippen LogP contribution in [-0.4, -0.2) is 24.2 Å². The van der Waals surface area contributed by atoms with Gasteiger partial charge in [0, 0.05) is 30.5 Å². The van der Waals surface area contributed by atoms with Crippen molar-refractivity contribution in [3.63, 3.8) is 0 Å². The fraction of sp³-hybridized carbons (Fsp3) is 0.360. The van der Waals surface area contributed by atoms with E-state index in [-0.39, 0.29) is 5.91 Å². The number of ether oxygens (including phenoxy) is 1. The Morgan fingerprint density at radius 2 is 1.71 bits per heavy atom. The number of carbonyl (C=O) groups excluding carboxylic acids is 1. The summed E-state index contributed by atoms with van der Waals surface area (Å²) in [5, 5.41) is 6.92. The molecule has 2 heterocycles. The van der Waals surface area contributed by atoms with Gasteiger partial charge >= 0.3 is 0 Å². The lowest BCUT2D eigenvalue weighted by molar-refractivity contribution is -0.901. The molecule has 2 N–H and O–H groups in total. The second-order valence-corrected chi connectivity index (χ2v) is 8.25. The van der Waals surface area contributed by atoms with Crippen molar-refractivity contribution in [3.8, 4) is 5.75 Å². The molecule has 1 amide bonds. The number of nitrogens with one attached hydrogen (secondary N) is 2. The summed E-state index contributed by atoms with van der Waals surface area (Å²) in [5.74, 6) is 1.37. The van der Waals surface area contributed by atoms with Crippen LogP contribution in [0.4, 0.5) is 0 Å². The summed E-state index contributed by atoms with van der Waals surface area (Å²) < 4.78 is 11.0. The van der Waals surface area contributed by atoms with Crippen molar-refractivity contribution < 1.29 is 19.0 Å². The van der Waals surface area contributed by atoms with Crippen LogP contribution in [0.5, 0.6) is 5.75 Å². The molecule has 0 aliphatic carbocycles. The van der Waals surface area contributed by atoms with Gasteiger partial charge in [0.05, 0.1) is 24.3 Å². The first-order chi connectivity index (χ1) is 15.1. The topological polar surface area (TPSA) is 68.8 Å². The van der Waals surface area contributed by atoms with E-state index >= 15 is 0 Å². The largest absolute Gasteiger partial charge is 0.489 e. The average molecular weight is 421 g/mol. The maximum Gasteiger partial charge on any atom is 0.251 e. The molecule has 0 atom stereocenters. The number of carbonyl (C=O) groups is 1. The summed E-state index contributed by atoms with van der Waals surface area (Å²) in [7, 11) is 0. The highest BCUT2D eigenvalue weighted by molar-refractivity contribution is 5.94. The molecule has 3 aromatic rings. The van der Waals surface area contributed by atoms with E-state index in [0.29, 0.717) is 24.5 Å². The summed E-state index contributed by atoms with van der Waals surface area (Å²) in [6, 6.07) is 15.7. The molecular weight excluding hydrogens is 390 g/mol. The molecule has 1 saturated heterocycles.